The van der Waals surface area contributed by atoms with Crippen LogP contribution in [0.15, 0.2) is 27.1 Å². The minimum absolute atomic E-state index is 0.0482. The fraction of sp³-hybridized carbons (Fsp3) is 0.565. The highest BCUT2D eigenvalue weighted by Gasteiger charge is 2.28. The van der Waals surface area contributed by atoms with Crippen LogP contribution in [0, 0.1) is 0 Å². The second-order valence-electron chi connectivity index (χ2n) is 9.45. The van der Waals surface area contributed by atoms with Gasteiger partial charge in [0.1, 0.15) is 16.9 Å². The Morgan fingerprint density at radius 3 is 2.44 bits per heavy atom. The lowest BCUT2D eigenvalue weighted by atomic mass is 10.2. The van der Waals surface area contributed by atoms with Crippen LogP contribution in [-0.4, -0.2) is 40.0 Å². The number of carbonyl (C=O) groups is 2. The van der Waals surface area contributed by atoms with Crippen LogP contribution in [0.3, 0.4) is 0 Å². The smallest absolute Gasteiger partial charge is 0.429 e. The van der Waals surface area contributed by atoms with Gasteiger partial charge in [0, 0.05) is 6.07 Å². The van der Waals surface area contributed by atoms with Crippen LogP contribution in [0.2, 0.25) is 0 Å². The summed E-state index contributed by atoms with van der Waals surface area (Å²) in [5.41, 5.74) is 2.41. The van der Waals surface area contributed by atoms with E-state index < -0.39 is 23.4 Å². The summed E-state index contributed by atoms with van der Waals surface area (Å²) in [5, 5.41) is 0.995. The molecule has 0 saturated heterocycles. The van der Waals surface area contributed by atoms with Gasteiger partial charge in [-0.1, -0.05) is 13.3 Å². The number of nitrogens with zero attached hydrogens (tertiary/aromatic N) is 2. The maximum absolute atomic E-state index is 12.8. The highest BCUT2D eigenvalue weighted by Crippen LogP contribution is 2.32. The molecule has 0 unspecified atom stereocenters. The first-order valence-corrected chi connectivity index (χ1v) is 11.9. The molecule has 10 nitrogen and oxygen atoms in total. The molecule has 0 spiro atoms. The van der Waals surface area contributed by atoms with Gasteiger partial charge in [-0.25, -0.2) is 25.0 Å². The lowest BCUT2D eigenvalue weighted by Gasteiger charge is -2.28. The Balaban J connectivity index is 2.37. The minimum Gasteiger partial charge on any atom is -0.486 e. The number of nitrogens with one attached hydrogen (secondary N) is 1. The first-order valence-electron chi connectivity index (χ1n) is 11.0. The van der Waals surface area contributed by atoms with Crippen molar-refractivity contribution in [2.24, 2.45) is 0 Å². The summed E-state index contributed by atoms with van der Waals surface area (Å²) in [5.74, 6) is 0.202. The molecule has 1 N–H and O–H groups in total. The van der Waals surface area contributed by atoms with Crippen LogP contribution in [-0.2, 0) is 16.0 Å². The SMILES string of the molecule is CCCCOc1c(-c2ncsc2CN(NC(=O)OC(C)(C)C)C(=O)OC(C)(C)C)occc1=O. The van der Waals surface area contributed by atoms with E-state index >= 15 is 0 Å². The summed E-state index contributed by atoms with van der Waals surface area (Å²) < 4.78 is 22.0. The van der Waals surface area contributed by atoms with Gasteiger partial charge in [0.2, 0.25) is 11.2 Å². The largest absolute Gasteiger partial charge is 0.486 e. The second kappa shape index (κ2) is 11.4. The van der Waals surface area contributed by atoms with Crippen molar-refractivity contribution >= 4 is 23.5 Å². The molecule has 188 valence electrons. The van der Waals surface area contributed by atoms with E-state index in [1.807, 2.05) is 6.92 Å². The number of hydrogen-bond donors (Lipinski definition) is 1. The summed E-state index contributed by atoms with van der Waals surface area (Å²) >= 11 is 1.22. The average molecular weight is 496 g/mol. The van der Waals surface area contributed by atoms with Crippen LogP contribution >= 0.6 is 11.3 Å². The molecule has 34 heavy (non-hydrogen) atoms. The predicted molar refractivity (Wildman–Crippen MR) is 128 cm³/mol. The summed E-state index contributed by atoms with van der Waals surface area (Å²) in [6.07, 6.45) is 1.32. The monoisotopic (exact) mass is 495 g/mol. The first-order chi connectivity index (χ1) is 15.8. The molecule has 0 saturated carbocycles. The van der Waals surface area contributed by atoms with Crippen molar-refractivity contribution in [1.82, 2.24) is 15.4 Å². The predicted octanol–water partition coefficient (Wildman–Crippen LogP) is 5.12. The van der Waals surface area contributed by atoms with Crippen LogP contribution in [0.25, 0.3) is 11.5 Å². The number of carbonyl (C=O) groups excluding carboxylic acids is 2. The van der Waals surface area contributed by atoms with E-state index in [1.165, 1.54) is 23.7 Å². The molecule has 2 heterocycles. The van der Waals surface area contributed by atoms with E-state index in [1.54, 1.807) is 47.1 Å². The van der Waals surface area contributed by atoms with E-state index in [2.05, 4.69) is 10.4 Å². The Hall–Kier alpha value is -3.08. The molecule has 0 aliphatic heterocycles. The minimum atomic E-state index is -0.820. The molecule has 0 fully saturated rings. The molecule has 0 aliphatic rings. The Labute approximate surface area is 203 Å². The number of hydrogen-bond acceptors (Lipinski definition) is 9. The molecule has 0 aromatic carbocycles. The van der Waals surface area contributed by atoms with Gasteiger partial charge in [-0.05, 0) is 48.0 Å². The van der Waals surface area contributed by atoms with Crippen molar-refractivity contribution in [2.75, 3.05) is 6.61 Å². The Morgan fingerprint density at radius 2 is 1.82 bits per heavy atom. The number of amides is 2. The van der Waals surface area contributed by atoms with Crippen molar-refractivity contribution in [1.29, 1.82) is 0 Å². The number of thiazole rings is 1. The highest BCUT2D eigenvalue weighted by atomic mass is 32.1. The quantitative estimate of drug-likeness (QED) is 0.415. The molecule has 11 heteroatoms. The summed E-state index contributed by atoms with van der Waals surface area (Å²) in [6, 6.07) is 1.27. The number of unbranched alkanes of at least 4 members (excludes halogenated alkanes) is 1. The molecular formula is C23H33N3O7S. The van der Waals surface area contributed by atoms with Gasteiger partial charge in [-0.3, -0.25) is 4.79 Å². The average Bonchev–Trinajstić information content (AvgIpc) is 3.14. The van der Waals surface area contributed by atoms with E-state index in [0.29, 0.717) is 17.2 Å². The first kappa shape index (κ1) is 27.2. The second-order valence-corrected chi connectivity index (χ2v) is 10.4. The van der Waals surface area contributed by atoms with Crippen LogP contribution in [0.4, 0.5) is 9.59 Å². The van der Waals surface area contributed by atoms with E-state index in [9.17, 15) is 14.4 Å². The van der Waals surface area contributed by atoms with Crippen molar-refractivity contribution in [3.8, 4) is 17.2 Å². The van der Waals surface area contributed by atoms with Gasteiger partial charge in [-0.2, -0.15) is 0 Å². The molecule has 2 rings (SSSR count). The third-order valence-corrected chi connectivity index (χ3v) is 4.79. The van der Waals surface area contributed by atoms with Crippen molar-refractivity contribution in [3.63, 3.8) is 0 Å². The van der Waals surface area contributed by atoms with Gasteiger partial charge >= 0.3 is 12.2 Å². The van der Waals surface area contributed by atoms with Gasteiger partial charge < -0.3 is 18.6 Å². The highest BCUT2D eigenvalue weighted by molar-refractivity contribution is 7.10. The number of rotatable bonds is 7. The van der Waals surface area contributed by atoms with Crippen molar-refractivity contribution < 1.29 is 28.2 Å². The summed E-state index contributed by atoms with van der Waals surface area (Å²) in [4.78, 5) is 42.5. The maximum atomic E-state index is 12.8. The van der Waals surface area contributed by atoms with Gasteiger partial charge in [0.05, 0.1) is 29.8 Å². The Morgan fingerprint density at radius 1 is 1.15 bits per heavy atom. The third-order valence-electron chi connectivity index (χ3n) is 3.98. The molecule has 0 aliphatic carbocycles. The number of aromatic nitrogens is 1. The third kappa shape index (κ3) is 8.36. The molecule has 0 bridgehead atoms. The molecule has 2 amide bonds. The number of ether oxygens (including phenoxy) is 3. The molecule has 0 atom stereocenters. The molecule has 2 aromatic rings. The van der Waals surface area contributed by atoms with E-state index in [0.717, 1.165) is 17.9 Å². The fourth-order valence-corrected chi connectivity index (χ4v) is 3.36. The van der Waals surface area contributed by atoms with Crippen molar-refractivity contribution in [2.45, 2.75) is 79.1 Å². The van der Waals surface area contributed by atoms with Crippen molar-refractivity contribution in [3.05, 3.63) is 32.9 Å². The van der Waals surface area contributed by atoms with E-state index in [-0.39, 0.29) is 23.5 Å². The zero-order valence-electron chi connectivity index (χ0n) is 20.7. The normalized spacial score (nSPS) is 11.6. The van der Waals surface area contributed by atoms with Gasteiger partial charge in [0.25, 0.3) is 0 Å². The molecule has 0 radical (unpaired) electrons. The molecule has 2 aromatic heterocycles. The maximum Gasteiger partial charge on any atom is 0.429 e. The fourth-order valence-electron chi connectivity index (χ4n) is 2.61. The lowest BCUT2D eigenvalue weighted by molar-refractivity contribution is -0.000416. The summed E-state index contributed by atoms with van der Waals surface area (Å²) in [6.45, 7) is 12.5. The zero-order valence-corrected chi connectivity index (χ0v) is 21.5. The van der Waals surface area contributed by atoms with Crippen LogP contribution < -0.4 is 15.6 Å². The summed E-state index contributed by atoms with van der Waals surface area (Å²) in [7, 11) is 0. The molecular weight excluding hydrogens is 462 g/mol. The topological polar surface area (TPSA) is 120 Å². The van der Waals surface area contributed by atoms with Crippen LogP contribution in [0.1, 0.15) is 66.2 Å². The standard InChI is InChI=1S/C23H33N3O7S/c1-8-9-11-30-18-15(27)10-12-31-19(18)17-16(34-14-24-17)13-26(21(29)33-23(5,6)7)25-20(28)32-22(2,3)4/h10,12,14H,8-9,11,13H2,1-7H3,(H,25,28). The Kier molecular flexibility index (Phi) is 9.08. The van der Waals surface area contributed by atoms with Crippen LogP contribution in [0.5, 0.6) is 5.75 Å². The zero-order chi connectivity index (χ0) is 25.5. The number of hydrazine groups is 1. The Bertz CT molecular complexity index is 1030. The van der Waals surface area contributed by atoms with Gasteiger partial charge in [0.15, 0.2) is 5.76 Å². The lowest BCUT2D eigenvalue weighted by Crippen LogP contribution is -2.49. The van der Waals surface area contributed by atoms with Gasteiger partial charge in [-0.15, -0.1) is 11.3 Å². The van der Waals surface area contributed by atoms with E-state index in [4.69, 9.17) is 18.6 Å².